The SMILES string of the molecule is CCN(c1ccccc1)c1nnc(-c2c(OS(=O)(=O)C(F)(F)F)ccc3ccccc23)c2ccccc12. The fourth-order valence-electron chi connectivity index (χ4n) is 4.27. The molecule has 188 valence electrons. The molecular weight excluding hydrogens is 503 g/mol. The van der Waals surface area contributed by atoms with Crippen LogP contribution in [0.15, 0.2) is 91.0 Å². The van der Waals surface area contributed by atoms with E-state index in [4.69, 9.17) is 0 Å². The second kappa shape index (κ2) is 9.36. The van der Waals surface area contributed by atoms with Crippen molar-refractivity contribution in [2.24, 2.45) is 0 Å². The highest BCUT2D eigenvalue weighted by Gasteiger charge is 2.49. The van der Waals surface area contributed by atoms with Gasteiger partial charge in [0.1, 0.15) is 5.69 Å². The zero-order chi connectivity index (χ0) is 26.2. The normalized spacial score (nSPS) is 12.1. The van der Waals surface area contributed by atoms with E-state index in [-0.39, 0.29) is 11.3 Å². The second-order valence-electron chi connectivity index (χ2n) is 8.14. The Morgan fingerprint density at radius 3 is 2.08 bits per heavy atom. The van der Waals surface area contributed by atoms with Crippen LogP contribution >= 0.6 is 0 Å². The van der Waals surface area contributed by atoms with E-state index in [1.54, 1.807) is 36.4 Å². The Morgan fingerprint density at radius 2 is 1.41 bits per heavy atom. The molecule has 0 amide bonds. The van der Waals surface area contributed by atoms with Gasteiger partial charge < -0.3 is 9.08 Å². The number of anilines is 2. The lowest BCUT2D eigenvalue weighted by atomic mass is 9.97. The summed E-state index contributed by atoms with van der Waals surface area (Å²) >= 11 is 0. The van der Waals surface area contributed by atoms with Crippen molar-refractivity contribution in [3.8, 4) is 17.0 Å². The van der Waals surface area contributed by atoms with Crippen LogP contribution in [-0.2, 0) is 10.1 Å². The van der Waals surface area contributed by atoms with Gasteiger partial charge in [-0.1, -0.05) is 72.8 Å². The molecule has 10 heteroatoms. The third kappa shape index (κ3) is 4.44. The van der Waals surface area contributed by atoms with Gasteiger partial charge in [-0.2, -0.15) is 21.6 Å². The van der Waals surface area contributed by atoms with E-state index in [0.717, 1.165) is 5.69 Å². The molecule has 0 radical (unpaired) electrons. The lowest BCUT2D eigenvalue weighted by molar-refractivity contribution is -0.0499. The molecular formula is C27H20F3N3O3S. The Hall–Kier alpha value is -4.18. The summed E-state index contributed by atoms with van der Waals surface area (Å²) in [6.07, 6.45) is 0. The average Bonchev–Trinajstić information content (AvgIpc) is 2.89. The number of hydrogen-bond acceptors (Lipinski definition) is 6. The molecule has 0 atom stereocenters. The molecule has 0 spiro atoms. The van der Waals surface area contributed by atoms with Crippen molar-refractivity contribution < 1.29 is 25.8 Å². The van der Waals surface area contributed by atoms with E-state index >= 15 is 0 Å². The van der Waals surface area contributed by atoms with Gasteiger partial charge in [-0.05, 0) is 35.9 Å². The lowest BCUT2D eigenvalue weighted by Crippen LogP contribution is -2.28. The van der Waals surface area contributed by atoms with E-state index in [0.29, 0.717) is 33.9 Å². The maximum Gasteiger partial charge on any atom is 0.534 e. The number of aromatic nitrogens is 2. The van der Waals surface area contributed by atoms with Crippen LogP contribution in [0.25, 0.3) is 32.8 Å². The number of hydrogen-bond donors (Lipinski definition) is 0. The van der Waals surface area contributed by atoms with Gasteiger partial charge >= 0.3 is 15.6 Å². The summed E-state index contributed by atoms with van der Waals surface area (Å²) < 4.78 is 68.2. The van der Waals surface area contributed by atoms with E-state index in [1.165, 1.54) is 12.1 Å². The predicted octanol–water partition coefficient (Wildman–Crippen LogP) is 6.84. The quantitative estimate of drug-likeness (QED) is 0.179. The average molecular weight is 524 g/mol. The molecule has 0 fully saturated rings. The zero-order valence-electron chi connectivity index (χ0n) is 19.5. The van der Waals surface area contributed by atoms with Crippen molar-refractivity contribution >= 4 is 43.2 Å². The fraction of sp³-hybridized carbons (Fsp3) is 0.111. The number of alkyl halides is 3. The van der Waals surface area contributed by atoms with Crippen LogP contribution < -0.4 is 9.08 Å². The highest BCUT2D eigenvalue weighted by atomic mass is 32.2. The van der Waals surface area contributed by atoms with Crippen molar-refractivity contribution in [2.45, 2.75) is 12.4 Å². The number of rotatable bonds is 6. The summed E-state index contributed by atoms with van der Waals surface area (Å²) in [6.45, 7) is 2.55. The van der Waals surface area contributed by atoms with E-state index in [2.05, 4.69) is 14.4 Å². The summed E-state index contributed by atoms with van der Waals surface area (Å²) in [5.74, 6) is 0.0669. The monoisotopic (exact) mass is 523 g/mol. The van der Waals surface area contributed by atoms with Gasteiger partial charge in [0.05, 0.1) is 5.56 Å². The molecule has 0 unspecified atom stereocenters. The predicted molar refractivity (Wildman–Crippen MR) is 137 cm³/mol. The lowest BCUT2D eigenvalue weighted by Gasteiger charge is -2.24. The maximum atomic E-state index is 13.2. The first kappa shape index (κ1) is 24.5. The van der Waals surface area contributed by atoms with Crippen LogP contribution in [0, 0.1) is 0 Å². The van der Waals surface area contributed by atoms with Gasteiger partial charge in [-0.25, -0.2) is 0 Å². The largest absolute Gasteiger partial charge is 0.534 e. The van der Waals surface area contributed by atoms with E-state index in [9.17, 15) is 21.6 Å². The Balaban J connectivity index is 1.79. The van der Waals surface area contributed by atoms with Crippen molar-refractivity contribution in [1.29, 1.82) is 0 Å². The molecule has 0 aliphatic heterocycles. The summed E-state index contributed by atoms with van der Waals surface area (Å²) in [7, 11) is -5.92. The van der Waals surface area contributed by atoms with Crippen molar-refractivity contribution in [3.05, 3.63) is 91.0 Å². The van der Waals surface area contributed by atoms with Gasteiger partial charge in [0.15, 0.2) is 11.6 Å². The van der Waals surface area contributed by atoms with Gasteiger partial charge in [0.2, 0.25) is 0 Å². The number of fused-ring (bicyclic) bond motifs is 2. The van der Waals surface area contributed by atoms with Crippen LogP contribution in [0.3, 0.4) is 0 Å². The van der Waals surface area contributed by atoms with Crippen molar-refractivity contribution in [3.63, 3.8) is 0 Å². The smallest absolute Gasteiger partial charge is 0.375 e. The molecule has 1 heterocycles. The van der Waals surface area contributed by atoms with Gasteiger partial charge in [-0.15, -0.1) is 10.2 Å². The van der Waals surface area contributed by atoms with Gasteiger partial charge in [0.25, 0.3) is 0 Å². The standard InChI is InChI=1S/C27H20F3N3O3S/c1-2-33(19-11-4-3-5-12-19)26-22-15-9-8-14-21(22)25(31-32-26)24-20-13-7-6-10-18(20)16-17-23(24)36-37(34,35)27(28,29)30/h3-17H,2H2,1H3. The number of para-hydroxylation sites is 1. The van der Waals surface area contributed by atoms with E-state index < -0.39 is 21.4 Å². The molecule has 0 saturated carbocycles. The highest BCUT2D eigenvalue weighted by Crippen LogP contribution is 2.42. The number of benzene rings is 4. The molecule has 0 aliphatic rings. The van der Waals surface area contributed by atoms with Gasteiger partial charge in [0, 0.05) is 23.0 Å². The van der Waals surface area contributed by atoms with E-state index in [1.807, 2.05) is 54.3 Å². The minimum absolute atomic E-state index is 0.101. The van der Waals surface area contributed by atoms with Crippen LogP contribution in [0.4, 0.5) is 24.7 Å². The third-order valence-electron chi connectivity index (χ3n) is 5.92. The molecule has 4 aromatic carbocycles. The first-order valence-corrected chi connectivity index (χ1v) is 12.7. The molecule has 0 saturated heterocycles. The highest BCUT2D eigenvalue weighted by molar-refractivity contribution is 7.88. The summed E-state index contributed by atoms with van der Waals surface area (Å²) in [5.41, 5.74) is -4.40. The minimum Gasteiger partial charge on any atom is -0.375 e. The van der Waals surface area contributed by atoms with Crippen LogP contribution in [0.1, 0.15) is 6.92 Å². The summed E-state index contributed by atoms with van der Waals surface area (Å²) in [4.78, 5) is 1.97. The van der Waals surface area contributed by atoms with Crippen molar-refractivity contribution in [2.75, 3.05) is 11.4 Å². The van der Waals surface area contributed by atoms with Crippen LogP contribution in [-0.4, -0.2) is 30.7 Å². The second-order valence-corrected chi connectivity index (χ2v) is 9.68. The fourth-order valence-corrected chi connectivity index (χ4v) is 4.74. The first-order chi connectivity index (χ1) is 17.7. The molecule has 1 aromatic heterocycles. The third-order valence-corrected chi connectivity index (χ3v) is 6.88. The molecule has 5 aromatic rings. The Morgan fingerprint density at radius 1 is 0.784 bits per heavy atom. The summed E-state index contributed by atoms with van der Waals surface area (Å²) in [6, 6.07) is 26.4. The maximum absolute atomic E-state index is 13.2. The number of halogens is 3. The Labute approximate surface area is 211 Å². The molecule has 6 nitrogen and oxygen atoms in total. The molecule has 5 rings (SSSR count). The van der Waals surface area contributed by atoms with Gasteiger partial charge in [-0.3, -0.25) is 0 Å². The topological polar surface area (TPSA) is 72.4 Å². The Bertz CT molecular complexity index is 1710. The first-order valence-electron chi connectivity index (χ1n) is 11.3. The van der Waals surface area contributed by atoms with Crippen LogP contribution in [0.2, 0.25) is 0 Å². The molecule has 0 bridgehead atoms. The minimum atomic E-state index is -5.92. The van der Waals surface area contributed by atoms with Crippen LogP contribution in [0.5, 0.6) is 5.75 Å². The Kier molecular flexibility index (Phi) is 6.20. The number of nitrogens with zero attached hydrogens (tertiary/aromatic N) is 3. The summed E-state index contributed by atoms with van der Waals surface area (Å²) in [5, 5.41) is 11.3. The van der Waals surface area contributed by atoms with Crippen molar-refractivity contribution in [1.82, 2.24) is 10.2 Å². The zero-order valence-corrected chi connectivity index (χ0v) is 20.3. The molecule has 37 heavy (non-hydrogen) atoms. The molecule has 0 N–H and O–H groups in total. The molecule has 0 aliphatic carbocycles.